The van der Waals surface area contributed by atoms with Gasteiger partial charge in [-0.3, -0.25) is 4.79 Å². The predicted octanol–water partition coefficient (Wildman–Crippen LogP) is 2.13. The van der Waals surface area contributed by atoms with Gasteiger partial charge >= 0.3 is 0 Å². The van der Waals surface area contributed by atoms with Crippen LogP contribution in [-0.2, 0) is 4.79 Å². The molecular formula is C15H22O3. The summed E-state index contributed by atoms with van der Waals surface area (Å²) < 4.78 is 0. The average molecular weight is 250 g/mol. The first-order valence-electron chi connectivity index (χ1n) is 6.48. The number of carbonyl (C=O) groups excluding carboxylic acids is 1. The molecule has 2 aliphatic rings. The zero-order chi connectivity index (χ0) is 13.8. The van der Waals surface area contributed by atoms with Gasteiger partial charge in [-0.2, -0.15) is 0 Å². The zero-order valence-corrected chi connectivity index (χ0v) is 11.6. The molecule has 2 atom stereocenters. The molecule has 1 saturated carbocycles. The van der Waals surface area contributed by atoms with Gasteiger partial charge in [0, 0.05) is 11.8 Å². The third kappa shape index (κ3) is 1.86. The molecule has 0 heterocycles. The largest absolute Gasteiger partial charge is 0.387 e. The van der Waals surface area contributed by atoms with Crippen LogP contribution in [0.15, 0.2) is 23.3 Å². The molecule has 2 aliphatic carbocycles. The van der Waals surface area contributed by atoms with E-state index in [2.05, 4.69) is 6.92 Å². The van der Waals surface area contributed by atoms with Crippen molar-refractivity contribution in [1.29, 1.82) is 0 Å². The van der Waals surface area contributed by atoms with E-state index in [9.17, 15) is 15.0 Å². The number of fused-ring (bicyclic) bond motifs is 1. The summed E-state index contributed by atoms with van der Waals surface area (Å²) in [6.07, 6.45) is 5.25. The normalized spacial score (nSPS) is 36.9. The Bertz CT molecular complexity index is 453. The van der Waals surface area contributed by atoms with Gasteiger partial charge in [0.1, 0.15) is 0 Å². The van der Waals surface area contributed by atoms with Gasteiger partial charge in [-0.25, -0.2) is 0 Å². The molecular weight excluding hydrogens is 228 g/mol. The van der Waals surface area contributed by atoms with E-state index in [-0.39, 0.29) is 11.2 Å². The Morgan fingerprint density at radius 1 is 1.33 bits per heavy atom. The molecule has 0 aliphatic heterocycles. The highest BCUT2D eigenvalue weighted by Gasteiger charge is 2.50. The van der Waals surface area contributed by atoms with Gasteiger partial charge in [-0.15, -0.1) is 0 Å². The van der Waals surface area contributed by atoms with E-state index in [0.717, 1.165) is 17.6 Å². The minimum atomic E-state index is -1.16. The second-order valence-corrected chi connectivity index (χ2v) is 6.49. The zero-order valence-electron chi connectivity index (χ0n) is 11.6. The van der Waals surface area contributed by atoms with Crippen LogP contribution >= 0.6 is 0 Å². The maximum absolute atomic E-state index is 11.8. The Hall–Kier alpha value is -0.930. The molecule has 0 radical (unpaired) electrons. The Kier molecular flexibility index (Phi) is 2.84. The molecule has 0 aromatic rings. The van der Waals surface area contributed by atoms with Crippen molar-refractivity contribution in [2.75, 3.05) is 0 Å². The number of hydrogen-bond acceptors (Lipinski definition) is 3. The van der Waals surface area contributed by atoms with E-state index in [1.165, 1.54) is 0 Å². The molecule has 1 fully saturated rings. The first-order chi connectivity index (χ1) is 8.09. The smallest absolute Gasteiger partial charge is 0.181 e. The predicted molar refractivity (Wildman–Crippen MR) is 70.1 cm³/mol. The summed E-state index contributed by atoms with van der Waals surface area (Å²) in [7, 11) is 0. The third-order valence-electron chi connectivity index (χ3n) is 4.78. The number of rotatable bonds is 1. The lowest BCUT2D eigenvalue weighted by atomic mass is 9.60. The van der Waals surface area contributed by atoms with Gasteiger partial charge in [-0.1, -0.05) is 18.6 Å². The van der Waals surface area contributed by atoms with Crippen LogP contribution in [-0.4, -0.2) is 27.2 Å². The van der Waals surface area contributed by atoms with Crippen LogP contribution in [0, 0.1) is 5.41 Å². The fourth-order valence-corrected chi connectivity index (χ4v) is 3.00. The van der Waals surface area contributed by atoms with Crippen LogP contribution in [0.1, 0.15) is 47.0 Å². The first kappa shape index (κ1) is 13.5. The van der Waals surface area contributed by atoms with Crippen LogP contribution in [0.3, 0.4) is 0 Å². The Labute approximate surface area is 108 Å². The molecule has 0 aromatic heterocycles. The number of allylic oxidation sites excluding steroid dienone is 3. The molecule has 18 heavy (non-hydrogen) atoms. The standard InChI is InChI=1S/C15H22O3/c1-10-11-9-15(18,13(2,3)17)8-7-14(11,4)6-5-12(10)16/h5-6,17-18H,7-9H2,1-4H3/t14-,15+/m1/s1. The highest BCUT2D eigenvalue weighted by atomic mass is 16.4. The van der Waals surface area contributed by atoms with Gasteiger partial charge in [0.15, 0.2) is 5.78 Å². The van der Waals surface area contributed by atoms with Crippen molar-refractivity contribution in [3.05, 3.63) is 23.3 Å². The van der Waals surface area contributed by atoms with Gasteiger partial charge in [-0.05, 0) is 45.3 Å². The Morgan fingerprint density at radius 2 is 1.94 bits per heavy atom. The highest BCUT2D eigenvalue weighted by Crippen LogP contribution is 2.51. The summed E-state index contributed by atoms with van der Waals surface area (Å²) in [4.78, 5) is 11.8. The molecule has 0 amide bonds. The average Bonchev–Trinajstić information content (AvgIpc) is 2.26. The second-order valence-electron chi connectivity index (χ2n) is 6.49. The number of carbonyl (C=O) groups is 1. The van der Waals surface area contributed by atoms with Gasteiger partial charge in [0.2, 0.25) is 0 Å². The molecule has 0 bridgehead atoms. The molecule has 2 N–H and O–H groups in total. The summed E-state index contributed by atoms with van der Waals surface area (Å²) in [5.41, 5.74) is -0.746. The Morgan fingerprint density at radius 3 is 2.50 bits per heavy atom. The van der Waals surface area contributed by atoms with Crippen LogP contribution < -0.4 is 0 Å². The molecule has 2 rings (SSSR count). The van der Waals surface area contributed by atoms with Crippen molar-refractivity contribution in [1.82, 2.24) is 0 Å². The van der Waals surface area contributed by atoms with E-state index in [0.29, 0.717) is 12.8 Å². The van der Waals surface area contributed by atoms with Crippen LogP contribution in [0.25, 0.3) is 0 Å². The third-order valence-corrected chi connectivity index (χ3v) is 4.78. The quantitative estimate of drug-likeness (QED) is 0.749. The van der Waals surface area contributed by atoms with E-state index in [4.69, 9.17) is 0 Å². The van der Waals surface area contributed by atoms with E-state index in [1.807, 2.05) is 13.0 Å². The van der Waals surface area contributed by atoms with Gasteiger partial charge in [0.25, 0.3) is 0 Å². The SMILES string of the molecule is CC1=C2C[C@](O)(C(C)(C)O)CC[C@@]2(C)C=CC1=O. The lowest BCUT2D eigenvalue weighted by Crippen LogP contribution is -2.54. The lowest BCUT2D eigenvalue weighted by Gasteiger charge is -2.49. The second kappa shape index (κ2) is 3.78. The van der Waals surface area contributed by atoms with Crippen molar-refractivity contribution < 1.29 is 15.0 Å². The van der Waals surface area contributed by atoms with E-state index < -0.39 is 11.2 Å². The number of aliphatic hydroxyl groups is 2. The fraction of sp³-hybridized carbons (Fsp3) is 0.667. The molecule has 3 heteroatoms. The number of ketones is 1. The molecule has 0 saturated heterocycles. The first-order valence-corrected chi connectivity index (χ1v) is 6.48. The minimum absolute atomic E-state index is 0.0162. The fourth-order valence-electron chi connectivity index (χ4n) is 3.00. The van der Waals surface area contributed by atoms with Gasteiger partial charge < -0.3 is 10.2 Å². The van der Waals surface area contributed by atoms with Crippen LogP contribution in [0.5, 0.6) is 0 Å². The van der Waals surface area contributed by atoms with Crippen molar-refractivity contribution >= 4 is 5.78 Å². The van der Waals surface area contributed by atoms with E-state index >= 15 is 0 Å². The lowest BCUT2D eigenvalue weighted by molar-refractivity contribution is -0.147. The maximum atomic E-state index is 11.8. The van der Waals surface area contributed by atoms with Gasteiger partial charge in [0.05, 0.1) is 11.2 Å². The molecule has 0 aromatic carbocycles. The summed E-state index contributed by atoms with van der Waals surface area (Å²) in [5, 5.41) is 20.8. The van der Waals surface area contributed by atoms with Crippen LogP contribution in [0.4, 0.5) is 0 Å². The van der Waals surface area contributed by atoms with Crippen molar-refractivity contribution in [3.8, 4) is 0 Å². The summed E-state index contributed by atoms with van der Waals surface area (Å²) >= 11 is 0. The van der Waals surface area contributed by atoms with Crippen molar-refractivity contribution in [3.63, 3.8) is 0 Å². The summed E-state index contributed by atoms with van der Waals surface area (Å²) in [6.45, 7) is 7.17. The monoisotopic (exact) mass is 250 g/mol. The Balaban J connectivity index is 2.44. The van der Waals surface area contributed by atoms with Crippen molar-refractivity contribution in [2.24, 2.45) is 5.41 Å². The molecule has 100 valence electrons. The van der Waals surface area contributed by atoms with Crippen molar-refractivity contribution in [2.45, 2.75) is 58.2 Å². The minimum Gasteiger partial charge on any atom is -0.387 e. The summed E-state index contributed by atoms with van der Waals surface area (Å²) in [6, 6.07) is 0. The number of hydrogen-bond donors (Lipinski definition) is 2. The summed E-state index contributed by atoms with van der Waals surface area (Å²) in [5.74, 6) is 0.0162. The topological polar surface area (TPSA) is 57.5 Å². The molecule has 3 nitrogen and oxygen atoms in total. The van der Waals surface area contributed by atoms with E-state index in [1.54, 1.807) is 19.9 Å². The molecule has 0 spiro atoms. The maximum Gasteiger partial charge on any atom is 0.181 e. The van der Waals surface area contributed by atoms with Crippen LogP contribution in [0.2, 0.25) is 0 Å². The molecule has 0 unspecified atom stereocenters. The highest BCUT2D eigenvalue weighted by molar-refractivity contribution is 6.05.